The van der Waals surface area contributed by atoms with Crippen molar-refractivity contribution < 1.29 is 23.4 Å². The number of rotatable bonds is 6. The lowest BCUT2D eigenvalue weighted by molar-refractivity contribution is -0.139. The Labute approximate surface area is 194 Å². The van der Waals surface area contributed by atoms with Crippen molar-refractivity contribution in [1.29, 1.82) is 5.26 Å². The van der Waals surface area contributed by atoms with Crippen molar-refractivity contribution in [3.8, 4) is 11.8 Å². The molecule has 0 radical (unpaired) electrons. The van der Waals surface area contributed by atoms with Crippen molar-refractivity contribution >= 4 is 29.2 Å². The molecule has 166 valence electrons. The second-order valence-corrected chi connectivity index (χ2v) is 7.62. The molecule has 32 heavy (non-hydrogen) atoms. The zero-order valence-electron chi connectivity index (χ0n) is 17.2. The number of benzene rings is 2. The summed E-state index contributed by atoms with van der Waals surface area (Å²) in [6.45, 7) is 3.26. The molecule has 6 nitrogen and oxygen atoms in total. The van der Waals surface area contributed by atoms with Crippen LogP contribution in [0, 0.1) is 17.1 Å². The minimum Gasteiger partial charge on any atom is -0.486 e. The first-order valence-corrected chi connectivity index (χ1v) is 10.3. The lowest BCUT2D eigenvalue weighted by Crippen LogP contribution is -2.25. The Balaban J connectivity index is 2.01. The highest BCUT2D eigenvalue weighted by molar-refractivity contribution is 6.37. The quantitative estimate of drug-likeness (QED) is 0.564. The van der Waals surface area contributed by atoms with E-state index in [1.54, 1.807) is 32.0 Å². The monoisotopic (exact) mass is 476 g/mol. The van der Waals surface area contributed by atoms with Crippen LogP contribution in [0.25, 0.3) is 0 Å². The van der Waals surface area contributed by atoms with E-state index < -0.39 is 17.7 Å². The van der Waals surface area contributed by atoms with E-state index in [1.807, 2.05) is 6.07 Å². The van der Waals surface area contributed by atoms with Gasteiger partial charge in [0.1, 0.15) is 29.8 Å². The number of carbonyl (C=O) groups excluding carboxylic acids is 1. The van der Waals surface area contributed by atoms with Crippen LogP contribution in [0.15, 0.2) is 59.2 Å². The van der Waals surface area contributed by atoms with Crippen LogP contribution in [0.5, 0.6) is 5.75 Å². The predicted molar refractivity (Wildman–Crippen MR) is 117 cm³/mol. The number of ether oxygens (including phenoxy) is 3. The van der Waals surface area contributed by atoms with Gasteiger partial charge >= 0.3 is 5.97 Å². The van der Waals surface area contributed by atoms with Gasteiger partial charge in [-0.15, -0.1) is 0 Å². The Bertz CT molecular complexity index is 1150. The lowest BCUT2D eigenvalue weighted by Gasteiger charge is -2.27. The number of nitriles is 1. The maximum Gasteiger partial charge on any atom is 0.338 e. The molecule has 2 aromatic rings. The molecule has 0 spiro atoms. The van der Waals surface area contributed by atoms with Crippen LogP contribution >= 0.6 is 23.2 Å². The van der Waals surface area contributed by atoms with E-state index in [9.17, 15) is 14.4 Å². The molecule has 0 fully saturated rings. The number of halogens is 3. The SMILES string of the molecule is CCOC(=O)C1=C(C)OC(N)=C(C#N)C1c1cc(Cl)c(OCc2ccccc2F)c(Cl)c1. The van der Waals surface area contributed by atoms with Crippen LogP contribution in [0.3, 0.4) is 0 Å². The number of nitrogens with two attached hydrogens (primary N) is 1. The molecule has 0 amide bonds. The zero-order valence-corrected chi connectivity index (χ0v) is 18.8. The Morgan fingerprint density at radius 1 is 1.28 bits per heavy atom. The van der Waals surface area contributed by atoms with Crippen LogP contribution in [0.2, 0.25) is 10.0 Å². The smallest absolute Gasteiger partial charge is 0.338 e. The summed E-state index contributed by atoms with van der Waals surface area (Å²) in [5.41, 5.74) is 6.79. The number of hydrogen-bond donors (Lipinski definition) is 1. The zero-order chi connectivity index (χ0) is 23.4. The van der Waals surface area contributed by atoms with Gasteiger partial charge in [-0.3, -0.25) is 0 Å². The Hall–Kier alpha value is -3.21. The topological polar surface area (TPSA) is 94.6 Å². The molecular formula is C23H19Cl2FN2O4. The maximum absolute atomic E-state index is 13.9. The fourth-order valence-corrected chi connectivity index (χ4v) is 3.95. The Morgan fingerprint density at radius 3 is 2.53 bits per heavy atom. The van der Waals surface area contributed by atoms with Crippen molar-refractivity contribution in [1.82, 2.24) is 0 Å². The molecular weight excluding hydrogens is 458 g/mol. The van der Waals surface area contributed by atoms with E-state index >= 15 is 0 Å². The van der Waals surface area contributed by atoms with Gasteiger partial charge in [0, 0.05) is 5.56 Å². The highest BCUT2D eigenvalue weighted by Crippen LogP contribution is 2.44. The van der Waals surface area contributed by atoms with Gasteiger partial charge in [-0.05, 0) is 37.6 Å². The number of nitrogens with zero attached hydrogens (tertiary/aromatic N) is 1. The number of esters is 1. The van der Waals surface area contributed by atoms with Gasteiger partial charge in [0.25, 0.3) is 0 Å². The highest BCUT2D eigenvalue weighted by Gasteiger charge is 2.37. The van der Waals surface area contributed by atoms with Gasteiger partial charge in [0.05, 0.1) is 28.1 Å². The summed E-state index contributed by atoms with van der Waals surface area (Å²) in [7, 11) is 0. The molecule has 1 heterocycles. The van der Waals surface area contributed by atoms with Gasteiger partial charge in [-0.25, -0.2) is 9.18 Å². The molecule has 2 N–H and O–H groups in total. The average Bonchev–Trinajstić information content (AvgIpc) is 2.73. The molecule has 0 saturated carbocycles. The van der Waals surface area contributed by atoms with Crippen molar-refractivity contribution in [2.24, 2.45) is 5.73 Å². The molecule has 1 unspecified atom stereocenters. The van der Waals surface area contributed by atoms with Crippen LogP contribution < -0.4 is 10.5 Å². The molecule has 1 aliphatic heterocycles. The van der Waals surface area contributed by atoms with Gasteiger partial charge in [-0.2, -0.15) is 5.26 Å². The third kappa shape index (κ3) is 4.67. The van der Waals surface area contributed by atoms with Gasteiger partial charge < -0.3 is 19.9 Å². The Morgan fingerprint density at radius 2 is 1.94 bits per heavy atom. The maximum atomic E-state index is 13.9. The molecule has 9 heteroatoms. The van der Waals surface area contributed by atoms with Gasteiger partial charge in [-0.1, -0.05) is 41.4 Å². The number of carbonyl (C=O) groups is 1. The van der Waals surface area contributed by atoms with Crippen molar-refractivity contribution in [2.45, 2.75) is 26.4 Å². The van der Waals surface area contributed by atoms with E-state index in [-0.39, 0.29) is 51.8 Å². The average molecular weight is 477 g/mol. The first-order valence-electron chi connectivity index (χ1n) is 9.59. The predicted octanol–water partition coefficient (Wildman–Crippen LogP) is 5.36. The standard InChI is InChI=1S/C23H19Cl2FN2O4/c1-3-30-23(29)19-12(2)32-22(28)15(10-27)20(19)14-8-16(24)21(17(25)9-14)31-11-13-6-4-5-7-18(13)26/h4-9,20H,3,11,28H2,1-2H3. The minimum atomic E-state index is -0.900. The first kappa shape index (κ1) is 23.5. The second kappa shape index (κ2) is 9.94. The van der Waals surface area contributed by atoms with E-state index in [2.05, 4.69) is 0 Å². The summed E-state index contributed by atoms with van der Waals surface area (Å²) in [5.74, 6) is -1.75. The molecule has 1 atom stereocenters. The fraction of sp³-hybridized carbons (Fsp3) is 0.217. The Kier molecular flexibility index (Phi) is 7.29. The van der Waals surface area contributed by atoms with E-state index in [0.29, 0.717) is 11.1 Å². The minimum absolute atomic E-state index is 0.0193. The van der Waals surface area contributed by atoms with Crippen molar-refractivity contribution in [3.05, 3.63) is 86.2 Å². The van der Waals surface area contributed by atoms with E-state index in [1.165, 1.54) is 18.2 Å². The molecule has 1 aliphatic rings. The summed E-state index contributed by atoms with van der Waals surface area (Å²) >= 11 is 12.8. The molecule has 3 rings (SSSR count). The van der Waals surface area contributed by atoms with Crippen molar-refractivity contribution in [2.75, 3.05) is 6.61 Å². The summed E-state index contributed by atoms with van der Waals surface area (Å²) in [5, 5.41) is 9.90. The highest BCUT2D eigenvalue weighted by atomic mass is 35.5. The lowest BCUT2D eigenvalue weighted by atomic mass is 9.83. The third-order valence-electron chi connectivity index (χ3n) is 4.78. The normalized spacial score (nSPS) is 15.8. The van der Waals surface area contributed by atoms with Crippen molar-refractivity contribution in [3.63, 3.8) is 0 Å². The summed E-state index contributed by atoms with van der Waals surface area (Å²) in [6, 6.07) is 11.2. The largest absolute Gasteiger partial charge is 0.486 e. The second-order valence-electron chi connectivity index (χ2n) is 6.81. The third-order valence-corrected chi connectivity index (χ3v) is 5.35. The molecule has 2 aromatic carbocycles. The molecule has 0 aromatic heterocycles. The van der Waals surface area contributed by atoms with Gasteiger partial charge in [0.2, 0.25) is 5.88 Å². The summed E-state index contributed by atoms with van der Waals surface area (Å²) < 4.78 is 30.1. The van der Waals surface area contributed by atoms with Crippen LogP contribution in [0.1, 0.15) is 30.9 Å². The fourth-order valence-electron chi connectivity index (χ4n) is 3.34. The summed E-state index contributed by atoms with van der Waals surface area (Å²) in [4.78, 5) is 12.6. The van der Waals surface area contributed by atoms with Gasteiger partial charge in [0.15, 0.2) is 5.75 Å². The van der Waals surface area contributed by atoms with Crippen LogP contribution in [-0.4, -0.2) is 12.6 Å². The van der Waals surface area contributed by atoms with Crippen LogP contribution in [0.4, 0.5) is 4.39 Å². The first-order chi connectivity index (χ1) is 15.3. The van der Waals surface area contributed by atoms with Crippen LogP contribution in [-0.2, 0) is 20.9 Å². The molecule has 0 bridgehead atoms. The number of allylic oxidation sites excluding steroid dienone is 2. The number of hydrogen-bond acceptors (Lipinski definition) is 6. The van der Waals surface area contributed by atoms with E-state index in [0.717, 1.165) is 0 Å². The molecule has 0 aliphatic carbocycles. The molecule has 0 saturated heterocycles. The van der Waals surface area contributed by atoms with E-state index in [4.69, 9.17) is 43.1 Å². The summed E-state index contributed by atoms with van der Waals surface area (Å²) in [6.07, 6.45) is 0.